The Kier molecular flexibility index (Phi) is 8.72. The van der Waals surface area contributed by atoms with Gasteiger partial charge < -0.3 is 10.2 Å². The molecule has 0 bridgehead atoms. The average Bonchev–Trinajstić information content (AvgIpc) is 2.38. The third-order valence-corrected chi connectivity index (χ3v) is 4.46. The second kappa shape index (κ2) is 9.77. The Morgan fingerprint density at radius 3 is 2.68 bits per heavy atom. The summed E-state index contributed by atoms with van der Waals surface area (Å²) in [5, 5.41) is 3.76. The smallest absolute Gasteiger partial charge is 0.00792 e. The van der Waals surface area contributed by atoms with Crippen LogP contribution in [0.4, 0.5) is 0 Å². The molecule has 0 saturated carbocycles. The zero-order valence-electron chi connectivity index (χ0n) is 13.8. The molecule has 0 spiro atoms. The summed E-state index contributed by atoms with van der Waals surface area (Å²) < 4.78 is 0. The molecule has 2 atom stereocenters. The van der Waals surface area contributed by atoms with Gasteiger partial charge in [0.05, 0.1) is 0 Å². The highest BCUT2D eigenvalue weighted by Crippen LogP contribution is 2.20. The third kappa shape index (κ3) is 7.31. The first-order chi connectivity index (χ1) is 9.13. The van der Waals surface area contributed by atoms with Gasteiger partial charge in [0.25, 0.3) is 0 Å². The Labute approximate surface area is 121 Å². The minimum atomic E-state index is 0.693. The van der Waals surface area contributed by atoms with E-state index in [9.17, 15) is 0 Å². The molecule has 0 aromatic carbocycles. The van der Waals surface area contributed by atoms with Crippen LogP contribution in [0.1, 0.15) is 66.2 Å². The molecule has 0 aliphatic carbocycles. The van der Waals surface area contributed by atoms with Crippen molar-refractivity contribution < 1.29 is 0 Å². The van der Waals surface area contributed by atoms with E-state index in [0.29, 0.717) is 6.04 Å². The van der Waals surface area contributed by atoms with Crippen LogP contribution in [0.25, 0.3) is 0 Å². The Hall–Kier alpha value is -0.0800. The fourth-order valence-electron chi connectivity index (χ4n) is 3.19. The zero-order valence-corrected chi connectivity index (χ0v) is 13.8. The van der Waals surface area contributed by atoms with Crippen molar-refractivity contribution in [1.29, 1.82) is 0 Å². The number of rotatable bonds is 9. The van der Waals surface area contributed by atoms with Crippen molar-refractivity contribution in [2.75, 3.05) is 26.2 Å². The predicted molar refractivity (Wildman–Crippen MR) is 85.6 cm³/mol. The number of hydrogen-bond donors (Lipinski definition) is 1. The van der Waals surface area contributed by atoms with Gasteiger partial charge in [-0.2, -0.15) is 0 Å². The van der Waals surface area contributed by atoms with E-state index >= 15 is 0 Å². The number of nitrogens with one attached hydrogen (secondary N) is 1. The van der Waals surface area contributed by atoms with Crippen molar-refractivity contribution in [2.24, 2.45) is 11.8 Å². The van der Waals surface area contributed by atoms with Gasteiger partial charge in [-0.25, -0.2) is 0 Å². The molecule has 1 heterocycles. The number of hydrogen-bond acceptors (Lipinski definition) is 2. The van der Waals surface area contributed by atoms with Crippen molar-refractivity contribution in [3.8, 4) is 0 Å². The molecule has 2 heteroatoms. The molecule has 2 unspecified atom stereocenters. The predicted octanol–water partition coefficient (Wildman–Crippen LogP) is 3.91. The minimum Gasteiger partial charge on any atom is -0.314 e. The van der Waals surface area contributed by atoms with Crippen molar-refractivity contribution in [3.63, 3.8) is 0 Å². The van der Waals surface area contributed by atoms with Crippen LogP contribution in [0.2, 0.25) is 0 Å². The molecule has 1 aliphatic heterocycles. The molecular weight excluding hydrogens is 232 g/mol. The van der Waals surface area contributed by atoms with Crippen molar-refractivity contribution in [1.82, 2.24) is 10.2 Å². The molecular formula is C17H36N2. The van der Waals surface area contributed by atoms with Gasteiger partial charge in [0.1, 0.15) is 0 Å². The lowest BCUT2D eigenvalue weighted by molar-refractivity contribution is 0.151. The summed E-state index contributed by atoms with van der Waals surface area (Å²) in [5.74, 6) is 1.73. The summed E-state index contributed by atoms with van der Waals surface area (Å²) in [4.78, 5) is 2.66. The fraction of sp³-hybridized carbons (Fsp3) is 1.00. The molecule has 1 rings (SSSR count). The van der Waals surface area contributed by atoms with Gasteiger partial charge in [0.2, 0.25) is 0 Å². The first-order valence-electron chi connectivity index (χ1n) is 8.59. The molecule has 0 aromatic heterocycles. The Balaban J connectivity index is 2.12. The summed E-state index contributed by atoms with van der Waals surface area (Å²) >= 11 is 0. The first kappa shape index (κ1) is 17.0. The van der Waals surface area contributed by atoms with Gasteiger partial charge in [0, 0.05) is 12.6 Å². The van der Waals surface area contributed by atoms with Crippen LogP contribution >= 0.6 is 0 Å². The Morgan fingerprint density at radius 2 is 2.00 bits per heavy atom. The lowest BCUT2D eigenvalue weighted by Crippen LogP contribution is -2.44. The quantitative estimate of drug-likeness (QED) is 0.638. The van der Waals surface area contributed by atoms with Gasteiger partial charge >= 0.3 is 0 Å². The highest BCUT2D eigenvalue weighted by molar-refractivity contribution is 4.80. The standard InChI is InChI=1S/C17H36N2/c1-5-12-19-13-8-10-17(14-19)16(4)18-11-7-6-9-15(2)3/h15-18H,5-14H2,1-4H3. The maximum Gasteiger partial charge on any atom is 0.00792 e. The zero-order chi connectivity index (χ0) is 14.1. The van der Waals surface area contributed by atoms with Crippen LogP contribution in [0, 0.1) is 11.8 Å². The van der Waals surface area contributed by atoms with E-state index in [4.69, 9.17) is 0 Å². The van der Waals surface area contributed by atoms with Crippen molar-refractivity contribution in [3.05, 3.63) is 0 Å². The average molecular weight is 268 g/mol. The highest BCUT2D eigenvalue weighted by atomic mass is 15.1. The maximum absolute atomic E-state index is 3.76. The topological polar surface area (TPSA) is 15.3 Å². The SMILES string of the molecule is CCCN1CCCC(C(C)NCCCCC(C)C)C1. The molecule has 0 radical (unpaired) electrons. The van der Waals surface area contributed by atoms with Crippen LogP contribution in [0.15, 0.2) is 0 Å². The second-order valence-electron chi connectivity index (χ2n) is 6.84. The van der Waals surface area contributed by atoms with E-state index in [2.05, 4.69) is 37.9 Å². The van der Waals surface area contributed by atoms with Crippen molar-refractivity contribution in [2.45, 2.75) is 72.3 Å². The largest absolute Gasteiger partial charge is 0.314 e. The summed E-state index contributed by atoms with van der Waals surface area (Å²) in [6, 6.07) is 0.693. The van der Waals surface area contributed by atoms with E-state index in [1.54, 1.807) is 0 Å². The number of likely N-dealkylation sites (tertiary alicyclic amines) is 1. The minimum absolute atomic E-state index is 0.693. The molecule has 0 aromatic rings. The molecule has 1 N–H and O–H groups in total. The third-order valence-electron chi connectivity index (χ3n) is 4.46. The molecule has 19 heavy (non-hydrogen) atoms. The summed E-state index contributed by atoms with van der Waals surface area (Å²) in [7, 11) is 0. The molecule has 114 valence electrons. The number of nitrogens with zero attached hydrogens (tertiary/aromatic N) is 1. The molecule has 2 nitrogen and oxygen atoms in total. The lowest BCUT2D eigenvalue weighted by Gasteiger charge is -2.36. The molecule has 1 saturated heterocycles. The number of piperidine rings is 1. The Bertz CT molecular complexity index is 213. The maximum atomic E-state index is 3.76. The van der Waals surface area contributed by atoms with Crippen LogP contribution < -0.4 is 5.32 Å². The van der Waals surface area contributed by atoms with Gasteiger partial charge in [-0.3, -0.25) is 0 Å². The molecule has 1 aliphatic rings. The summed E-state index contributed by atoms with van der Waals surface area (Å²) in [5.41, 5.74) is 0. The lowest BCUT2D eigenvalue weighted by atomic mass is 9.91. The van der Waals surface area contributed by atoms with Gasteiger partial charge in [-0.15, -0.1) is 0 Å². The van der Waals surface area contributed by atoms with Crippen LogP contribution in [-0.4, -0.2) is 37.1 Å². The summed E-state index contributed by atoms with van der Waals surface area (Å²) in [6.45, 7) is 14.5. The van der Waals surface area contributed by atoms with Gasteiger partial charge in [-0.05, 0) is 64.1 Å². The monoisotopic (exact) mass is 268 g/mol. The Morgan fingerprint density at radius 1 is 1.21 bits per heavy atom. The van der Waals surface area contributed by atoms with Crippen LogP contribution in [0.5, 0.6) is 0 Å². The normalized spacial score (nSPS) is 22.9. The fourth-order valence-corrected chi connectivity index (χ4v) is 3.19. The van der Waals surface area contributed by atoms with E-state index in [1.165, 1.54) is 64.7 Å². The molecule has 1 fully saturated rings. The molecule has 0 amide bonds. The van der Waals surface area contributed by atoms with Crippen LogP contribution in [0.3, 0.4) is 0 Å². The number of unbranched alkanes of at least 4 members (excludes halogenated alkanes) is 1. The van der Waals surface area contributed by atoms with E-state index in [1.807, 2.05) is 0 Å². The van der Waals surface area contributed by atoms with E-state index in [-0.39, 0.29) is 0 Å². The van der Waals surface area contributed by atoms with Gasteiger partial charge in [0.15, 0.2) is 0 Å². The van der Waals surface area contributed by atoms with Gasteiger partial charge in [-0.1, -0.05) is 33.6 Å². The highest BCUT2D eigenvalue weighted by Gasteiger charge is 2.23. The first-order valence-corrected chi connectivity index (χ1v) is 8.59. The van der Waals surface area contributed by atoms with E-state index < -0.39 is 0 Å². The van der Waals surface area contributed by atoms with Crippen molar-refractivity contribution >= 4 is 0 Å². The second-order valence-corrected chi connectivity index (χ2v) is 6.84. The van der Waals surface area contributed by atoms with E-state index in [0.717, 1.165) is 11.8 Å². The summed E-state index contributed by atoms with van der Waals surface area (Å²) in [6.07, 6.45) is 8.20. The van der Waals surface area contributed by atoms with Crippen LogP contribution in [-0.2, 0) is 0 Å².